The van der Waals surface area contributed by atoms with Crippen LogP contribution in [0.4, 0.5) is 5.69 Å². The van der Waals surface area contributed by atoms with E-state index in [0.29, 0.717) is 10.9 Å². The summed E-state index contributed by atoms with van der Waals surface area (Å²) in [7, 11) is 1.72. The standard InChI is InChI=1S/C17H21N3O3S/c1-12(2)23-10-13-9-15(21)19-17(18-13)24-11-16(22)20(3)14-7-5-4-6-8-14/h4-9,12H,10-11H2,1-3H3,(H,18,19,21). The molecule has 1 aromatic carbocycles. The number of rotatable bonds is 7. The van der Waals surface area contributed by atoms with Gasteiger partial charge in [0.05, 0.1) is 24.2 Å². The zero-order chi connectivity index (χ0) is 17.5. The molecule has 0 fully saturated rings. The van der Waals surface area contributed by atoms with Crippen LogP contribution in [0.3, 0.4) is 0 Å². The number of carbonyl (C=O) groups excluding carboxylic acids is 1. The van der Waals surface area contributed by atoms with E-state index >= 15 is 0 Å². The van der Waals surface area contributed by atoms with Crippen molar-refractivity contribution in [3.05, 3.63) is 52.4 Å². The zero-order valence-electron chi connectivity index (χ0n) is 14.0. The van der Waals surface area contributed by atoms with Crippen molar-refractivity contribution in [3.8, 4) is 0 Å². The highest BCUT2D eigenvalue weighted by atomic mass is 32.2. The lowest BCUT2D eigenvalue weighted by atomic mass is 10.3. The topological polar surface area (TPSA) is 75.3 Å². The van der Waals surface area contributed by atoms with Crippen LogP contribution in [0.2, 0.25) is 0 Å². The number of H-pyrrole nitrogens is 1. The number of ether oxygens (including phenoxy) is 1. The maximum atomic E-state index is 12.3. The van der Waals surface area contributed by atoms with Crippen LogP contribution in [0.25, 0.3) is 0 Å². The molecule has 0 spiro atoms. The van der Waals surface area contributed by atoms with E-state index in [4.69, 9.17) is 4.74 Å². The molecule has 1 amide bonds. The van der Waals surface area contributed by atoms with E-state index in [1.807, 2.05) is 44.2 Å². The van der Waals surface area contributed by atoms with Crippen molar-refractivity contribution in [3.63, 3.8) is 0 Å². The van der Waals surface area contributed by atoms with Crippen molar-refractivity contribution < 1.29 is 9.53 Å². The van der Waals surface area contributed by atoms with Crippen molar-refractivity contribution >= 4 is 23.4 Å². The average molecular weight is 347 g/mol. The Labute approximate surface area is 145 Å². The van der Waals surface area contributed by atoms with Crippen LogP contribution < -0.4 is 10.5 Å². The number of anilines is 1. The van der Waals surface area contributed by atoms with E-state index in [0.717, 1.165) is 5.69 Å². The summed E-state index contributed by atoms with van der Waals surface area (Å²) in [5, 5.41) is 0.416. The first-order valence-electron chi connectivity index (χ1n) is 7.62. The molecule has 2 aromatic rings. The van der Waals surface area contributed by atoms with Gasteiger partial charge in [-0.1, -0.05) is 30.0 Å². The average Bonchev–Trinajstić information content (AvgIpc) is 2.57. The highest BCUT2D eigenvalue weighted by Gasteiger charge is 2.12. The Hall–Kier alpha value is -2.12. The van der Waals surface area contributed by atoms with E-state index < -0.39 is 0 Å². The first kappa shape index (κ1) is 18.2. The van der Waals surface area contributed by atoms with Crippen LogP contribution in [0.1, 0.15) is 19.5 Å². The van der Waals surface area contributed by atoms with Gasteiger partial charge < -0.3 is 14.6 Å². The largest absolute Gasteiger partial charge is 0.373 e. The Kier molecular flexibility index (Phi) is 6.57. The van der Waals surface area contributed by atoms with Crippen molar-refractivity contribution in [2.75, 3.05) is 17.7 Å². The van der Waals surface area contributed by atoms with E-state index in [9.17, 15) is 9.59 Å². The fourth-order valence-corrected chi connectivity index (χ4v) is 2.71. The van der Waals surface area contributed by atoms with Gasteiger partial charge in [-0.25, -0.2) is 4.98 Å². The minimum Gasteiger partial charge on any atom is -0.373 e. The van der Waals surface area contributed by atoms with Crippen LogP contribution in [0, 0.1) is 0 Å². The molecule has 0 bridgehead atoms. The molecule has 6 nitrogen and oxygen atoms in total. The van der Waals surface area contributed by atoms with Gasteiger partial charge in [-0.15, -0.1) is 0 Å². The number of carbonyl (C=O) groups is 1. The van der Waals surface area contributed by atoms with Gasteiger partial charge in [0.1, 0.15) is 0 Å². The number of para-hydroxylation sites is 1. The molecule has 0 saturated carbocycles. The summed E-state index contributed by atoms with van der Waals surface area (Å²) < 4.78 is 5.46. The summed E-state index contributed by atoms with van der Waals surface area (Å²) in [6.45, 7) is 4.11. The fraction of sp³-hybridized carbons (Fsp3) is 0.353. The molecule has 0 aliphatic rings. The molecule has 24 heavy (non-hydrogen) atoms. The lowest BCUT2D eigenvalue weighted by molar-refractivity contribution is -0.115. The molecule has 1 N–H and O–H groups in total. The molecule has 0 saturated heterocycles. The molecule has 0 atom stereocenters. The smallest absolute Gasteiger partial charge is 0.251 e. The zero-order valence-corrected chi connectivity index (χ0v) is 14.8. The molecule has 0 aliphatic heterocycles. The SMILES string of the molecule is CC(C)OCc1cc(=O)[nH]c(SCC(=O)N(C)c2ccccc2)n1. The highest BCUT2D eigenvalue weighted by molar-refractivity contribution is 7.99. The van der Waals surface area contributed by atoms with E-state index in [1.165, 1.54) is 17.8 Å². The number of nitrogens with zero attached hydrogens (tertiary/aromatic N) is 2. The second-order valence-corrected chi connectivity index (χ2v) is 6.44. The van der Waals surface area contributed by atoms with E-state index in [2.05, 4.69) is 9.97 Å². The first-order valence-corrected chi connectivity index (χ1v) is 8.60. The lowest BCUT2D eigenvalue weighted by Gasteiger charge is -2.16. The summed E-state index contributed by atoms with van der Waals surface area (Å²) in [6, 6.07) is 10.8. The Morgan fingerprint density at radius 1 is 1.33 bits per heavy atom. The maximum absolute atomic E-state index is 12.3. The van der Waals surface area contributed by atoms with Gasteiger partial charge >= 0.3 is 0 Å². The molecule has 0 unspecified atom stereocenters. The van der Waals surface area contributed by atoms with Crippen LogP contribution in [0.15, 0.2) is 46.3 Å². The molecular formula is C17H21N3O3S. The Bertz CT molecular complexity index is 731. The van der Waals surface area contributed by atoms with E-state index in [1.54, 1.807) is 11.9 Å². The molecule has 0 radical (unpaired) electrons. The third-order valence-corrected chi connectivity index (χ3v) is 4.05. The maximum Gasteiger partial charge on any atom is 0.251 e. The summed E-state index contributed by atoms with van der Waals surface area (Å²) >= 11 is 1.20. The molecule has 2 rings (SSSR count). The van der Waals surface area contributed by atoms with Crippen LogP contribution in [-0.2, 0) is 16.1 Å². The van der Waals surface area contributed by atoms with Crippen molar-refractivity contribution in [2.45, 2.75) is 31.7 Å². The summed E-state index contributed by atoms with van der Waals surface area (Å²) in [6.07, 6.45) is 0.0586. The number of aromatic nitrogens is 2. The fourth-order valence-electron chi connectivity index (χ4n) is 1.90. The van der Waals surface area contributed by atoms with Gasteiger partial charge in [0.2, 0.25) is 5.91 Å². The van der Waals surface area contributed by atoms with Gasteiger partial charge in [0.25, 0.3) is 5.56 Å². The Balaban J connectivity index is 1.98. The predicted octanol–water partition coefficient (Wildman–Crippen LogP) is 2.45. The number of thioether (sulfide) groups is 1. The van der Waals surface area contributed by atoms with Gasteiger partial charge in [-0.3, -0.25) is 9.59 Å². The lowest BCUT2D eigenvalue weighted by Crippen LogP contribution is -2.28. The summed E-state index contributed by atoms with van der Waals surface area (Å²) in [5.74, 6) is 0.112. The molecule has 1 heterocycles. The van der Waals surface area contributed by atoms with Crippen LogP contribution >= 0.6 is 11.8 Å². The number of amides is 1. The number of hydrogen-bond donors (Lipinski definition) is 1. The Morgan fingerprint density at radius 2 is 2.04 bits per heavy atom. The normalized spacial score (nSPS) is 10.8. The van der Waals surface area contributed by atoms with Gasteiger partial charge in [-0.05, 0) is 26.0 Å². The summed E-state index contributed by atoms with van der Waals surface area (Å²) in [4.78, 5) is 32.5. The van der Waals surface area contributed by atoms with Crippen molar-refractivity contribution in [2.24, 2.45) is 0 Å². The number of nitrogens with one attached hydrogen (secondary N) is 1. The minimum atomic E-state index is -0.251. The van der Waals surface area contributed by atoms with Crippen molar-refractivity contribution in [1.82, 2.24) is 9.97 Å². The van der Waals surface area contributed by atoms with Gasteiger partial charge in [0.15, 0.2) is 5.16 Å². The molecule has 1 aromatic heterocycles. The third kappa shape index (κ3) is 5.50. The molecule has 0 aliphatic carbocycles. The van der Waals surface area contributed by atoms with E-state index in [-0.39, 0.29) is 29.9 Å². The van der Waals surface area contributed by atoms with Crippen molar-refractivity contribution in [1.29, 1.82) is 0 Å². The highest BCUT2D eigenvalue weighted by Crippen LogP contribution is 2.16. The Morgan fingerprint density at radius 3 is 2.71 bits per heavy atom. The predicted molar refractivity (Wildman–Crippen MR) is 95.4 cm³/mol. The second kappa shape index (κ2) is 8.65. The number of benzene rings is 1. The van der Waals surface area contributed by atoms with Gasteiger partial charge in [-0.2, -0.15) is 0 Å². The molecular weight excluding hydrogens is 326 g/mol. The number of aromatic amines is 1. The molecule has 128 valence electrons. The second-order valence-electron chi connectivity index (χ2n) is 5.48. The third-order valence-electron chi connectivity index (χ3n) is 3.19. The summed E-state index contributed by atoms with van der Waals surface area (Å²) in [5.41, 5.74) is 1.13. The quantitative estimate of drug-likeness (QED) is 0.615. The molecule has 7 heteroatoms. The van der Waals surface area contributed by atoms with Gasteiger partial charge in [0, 0.05) is 18.8 Å². The monoisotopic (exact) mass is 347 g/mol. The first-order chi connectivity index (χ1) is 11.5. The number of hydrogen-bond acceptors (Lipinski definition) is 5. The van der Waals surface area contributed by atoms with Crippen LogP contribution in [-0.4, -0.2) is 34.8 Å². The minimum absolute atomic E-state index is 0.0586. The van der Waals surface area contributed by atoms with Crippen LogP contribution in [0.5, 0.6) is 0 Å².